The van der Waals surface area contributed by atoms with Gasteiger partial charge in [-0.2, -0.15) is 0 Å². The van der Waals surface area contributed by atoms with Crippen LogP contribution in [0.2, 0.25) is 0 Å². The topological polar surface area (TPSA) is 120 Å². The van der Waals surface area contributed by atoms with E-state index >= 15 is 0 Å². The van der Waals surface area contributed by atoms with E-state index in [0.29, 0.717) is 38.8 Å². The van der Waals surface area contributed by atoms with Crippen LogP contribution in [0.5, 0.6) is 0 Å². The molecule has 3 heterocycles. The third-order valence-electron chi connectivity index (χ3n) is 9.01. The molecule has 1 aromatic rings. The zero-order valence-electron chi connectivity index (χ0n) is 26.3. The Bertz CT molecular complexity index is 1190. The Hall–Kier alpha value is -3.24. The summed E-state index contributed by atoms with van der Waals surface area (Å²) in [5, 5.41) is 7.17. The summed E-state index contributed by atoms with van der Waals surface area (Å²) in [6.45, 7) is 8.29. The summed E-state index contributed by atoms with van der Waals surface area (Å²) in [5.74, 6) is -1.67. The standard InChI is InChI=1S/C33H49N5O5/c1-21(2)29-31(40)34-23(4)32(41)38-19-11-15-26(36-38)33(42)37-18-9-8-16-27(37)25-14-10-13-24(20-25)12-6-7-17-28(43-5)22(3)30(39)35-29/h6,10,12-14,20-23,26-29,36H,7-9,11,15-19H2,1-5H3,(H,34,40)(H,35,39)/b12-6+/t22-,23+,26+,27?,28?,29+/m1/s1. The molecular formula is C33H49N5O5. The number of amides is 4. The molecule has 0 spiro atoms. The van der Waals surface area contributed by atoms with E-state index in [1.165, 1.54) is 5.01 Å². The number of hydrazine groups is 1. The molecule has 2 fully saturated rings. The number of rotatable bonds is 2. The number of carbonyl (C=O) groups is 4. The van der Waals surface area contributed by atoms with Gasteiger partial charge in [0.05, 0.1) is 18.1 Å². The number of hydrogen-bond donors (Lipinski definition) is 3. The highest BCUT2D eigenvalue weighted by atomic mass is 16.5. The zero-order chi connectivity index (χ0) is 31.1. The number of fused-ring (bicyclic) bond motifs is 6. The number of ether oxygens (including phenoxy) is 1. The van der Waals surface area contributed by atoms with Gasteiger partial charge in [0.15, 0.2) is 0 Å². The Morgan fingerprint density at radius 3 is 2.44 bits per heavy atom. The lowest BCUT2D eigenvalue weighted by Gasteiger charge is -2.41. The number of carbonyl (C=O) groups excluding carboxylic acids is 4. The fourth-order valence-corrected chi connectivity index (χ4v) is 6.37. The van der Waals surface area contributed by atoms with Crippen molar-refractivity contribution < 1.29 is 23.9 Å². The summed E-state index contributed by atoms with van der Waals surface area (Å²) in [4.78, 5) is 55.9. The molecule has 4 amide bonds. The number of hydrogen-bond acceptors (Lipinski definition) is 6. The maximum absolute atomic E-state index is 13.9. The highest BCUT2D eigenvalue weighted by Gasteiger charge is 2.37. The van der Waals surface area contributed by atoms with Crippen molar-refractivity contribution in [1.82, 2.24) is 26.0 Å². The van der Waals surface area contributed by atoms with E-state index in [2.05, 4.69) is 46.4 Å². The number of allylic oxidation sites excluding steroid dienone is 1. The summed E-state index contributed by atoms with van der Waals surface area (Å²) in [6, 6.07) is 6.15. The van der Waals surface area contributed by atoms with Crippen molar-refractivity contribution in [3.63, 3.8) is 0 Å². The molecule has 0 saturated carbocycles. The highest BCUT2D eigenvalue weighted by Crippen LogP contribution is 2.33. The lowest BCUT2D eigenvalue weighted by atomic mass is 9.92. The minimum Gasteiger partial charge on any atom is -0.381 e. The molecule has 2 unspecified atom stereocenters. The Labute approximate surface area is 255 Å². The molecule has 1 aromatic carbocycles. The number of nitrogens with zero attached hydrogens (tertiary/aromatic N) is 2. The smallest absolute Gasteiger partial charge is 0.258 e. The zero-order valence-corrected chi connectivity index (χ0v) is 26.3. The number of methoxy groups -OCH3 is 1. The summed E-state index contributed by atoms with van der Waals surface area (Å²) < 4.78 is 5.69. The first kappa shape index (κ1) is 32.7. The second-order valence-electron chi connectivity index (χ2n) is 12.5. The van der Waals surface area contributed by atoms with Crippen molar-refractivity contribution in [3.8, 4) is 0 Å². The summed E-state index contributed by atoms with van der Waals surface area (Å²) in [5.41, 5.74) is 5.35. The largest absolute Gasteiger partial charge is 0.381 e. The monoisotopic (exact) mass is 595 g/mol. The van der Waals surface area contributed by atoms with E-state index in [0.717, 1.165) is 30.4 Å². The molecule has 3 aliphatic heterocycles. The van der Waals surface area contributed by atoms with E-state index in [-0.39, 0.29) is 35.8 Å². The van der Waals surface area contributed by atoms with Gasteiger partial charge in [-0.3, -0.25) is 24.2 Å². The molecule has 10 nitrogen and oxygen atoms in total. The quantitative estimate of drug-likeness (QED) is 0.483. The third kappa shape index (κ3) is 8.03. The van der Waals surface area contributed by atoms with Crippen LogP contribution in [0, 0.1) is 11.8 Å². The molecule has 2 saturated heterocycles. The fourth-order valence-electron chi connectivity index (χ4n) is 6.37. The van der Waals surface area contributed by atoms with Crippen molar-refractivity contribution in [1.29, 1.82) is 0 Å². The third-order valence-corrected chi connectivity index (χ3v) is 9.01. The Morgan fingerprint density at radius 2 is 1.70 bits per heavy atom. The molecular weight excluding hydrogens is 546 g/mol. The molecule has 0 aromatic heterocycles. The van der Waals surface area contributed by atoms with Crippen LogP contribution >= 0.6 is 0 Å². The molecule has 4 rings (SSSR count). The van der Waals surface area contributed by atoms with Crippen molar-refractivity contribution >= 4 is 29.7 Å². The van der Waals surface area contributed by atoms with E-state index in [4.69, 9.17) is 4.74 Å². The van der Waals surface area contributed by atoms with Gasteiger partial charge in [0.2, 0.25) is 17.7 Å². The SMILES string of the molecule is COC1CC/C=C/c2cccc(c2)C2CCCCN2C(=O)[C@@H]2CCCN(N2)C(=O)[C@H](C)NC(=O)[C@H](C(C)C)NC(=O)[C@@H]1C. The molecule has 43 heavy (non-hydrogen) atoms. The second-order valence-corrected chi connectivity index (χ2v) is 12.5. The predicted octanol–water partition coefficient (Wildman–Crippen LogP) is 3.34. The lowest BCUT2D eigenvalue weighted by Crippen LogP contribution is -2.62. The van der Waals surface area contributed by atoms with Crippen LogP contribution in [-0.2, 0) is 23.9 Å². The first-order valence-electron chi connectivity index (χ1n) is 15.9. The average molecular weight is 596 g/mol. The second kappa shape index (κ2) is 15.0. The number of nitrogens with one attached hydrogen (secondary N) is 3. The highest BCUT2D eigenvalue weighted by molar-refractivity contribution is 5.92. The number of piperidine rings is 1. The molecule has 6 atom stereocenters. The lowest BCUT2D eigenvalue weighted by molar-refractivity contribution is -0.147. The summed E-state index contributed by atoms with van der Waals surface area (Å²) >= 11 is 0. The Balaban J connectivity index is 1.63. The molecule has 0 radical (unpaired) electrons. The van der Waals surface area contributed by atoms with Gasteiger partial charge < -0.3 is 20.3 Å². The van der Waals surface area contributed by atoms with E-state index in [1.54, 1.807) is 14.0 Å². The van der Waals surface area contributed by atoms with Crippen LogP contribution < -0.4 is 16.1 Å². The fraction of sp³-hybridized carbons (Fsp3) is 0.636. The Kier molecular flexibility index (Phi) is 11.4. The van der Waals surface area contributed by atoms with Gasteiger partial charge in [0.25, 0.3) is 5.91 Å². The van der Waals surface area contributed by atoms with Gasteiger partial charge in [-0.25, -0.2) is 5.43 Å². The minimum absolute atomic E-state index is 0.00397. The van der Waals surface area contributed by atoms with E-state index < -0.39 is 30.0 Å². The molecule has 4 bridgehead atoms. The maximum Gasteiger partial charge on any atom is 0.258 e. The van der Waals surface area contributed by atoms with Crippen molar-refractivity contribution in [2.24, 2.45) is 11.8 Å². The molecule has 0 aliphatic carbocycles. The molecule has 3 N–H and O–H groups in total. The van der Waals surface area contributed by atoms with Crippen LogP contribution in [0.4, 0.5) is 0 Å². The normalized spacial score (nSPS) is 30.9. The average Bonchev–Trinajstić information content (AvgIpc) is 3.02. The first-order chi connectivity index (χ1) is 20.6. The van der Waals surface area contributed by atoms with Crippen molar-refractivity contribution in [2.45, 2.75) is 103 Å². The summed E-state index contributed by atoms with van der Waals surface area (Å²) in [6.07, 6.45) is 9.41. The molecule has 10 heteroatoms. The van der Waals surface area contributed by atoms with Crippen LogP contribution in [0.15, 0.2) is 30.3 Å². The Morgan fingerprint density at radius 1 is 0.907 bits per heavy atom. The van der Waals surface area contributed by atoms with Crippen LogP contribution in [0.25, 0.3) is 6.08 Å². The first-order valence-corrected chi connectivity index (χ1v) is 15.9. The van der Waals surface area contributed by atoms with Gasteiger partial charge in [-0.05, 0) is 75.0 Å². The van der Waals surface area contributed by atoms with Crippen molar-refractivity contribution in [2.75, 3.05) is 20.2 Å². The van der Waals surface area contributed by atoms with Gasteiger partial charge in [0, 0.05) is 20.2 Å². The van der Waals surface area contributed by atoms with Crippen molar-refractivity contribution in [3.05, 3.63) is 41.5 Å². The van der Waals surface area contributed by atoms with Gasteiger partial charge in [-0.1, -0.05) is 51.1 Å². The van der Waals surface area contributed by atoms with Gasteiger partial charge in [0.1, 0.15) is 18.1 Å². The molecule has 236 valence electrons. The predicted molar refractivity (Wildman–Crippen MR) is 165 cm³/mol. The van der Waals surface area contributed by atoms with Crippen LogP contribution in [0.1, 0.15) is 89.8 Å². The molecule has 3 aliphatic rings. The van der Waals surface area contributed by atoms with Crippen LogP contribution in [-0.4, -0.2) is 78.0 Å². The number of benzene rings is 1. The van der Waals surface area contributed by atoms with Gasteiger partial charge in [-0.15, -0.1) is 0 Å². The van der Waals surface area contributed by atoms with E-state index in [9.17, 15) is 19.2 Å². The van der Waals surface area contributed by atoms with Crippen LogP contribution in [0.3, 0.4) is 0 Å². The minimum atomic E-state index is -0.841. The van der Waals surface area contributed by atoms with E-state index in [1.807, 2.05) is 31.7 Å². The van der Waals surface area contributed by atoms with Gasteiger partial charge >= 0.3 is 0 Å². The summed E-state index contributed by atoms with van der Waals surface area (Å²) in [7, 11) is 1.60. The maximum atomic E-state index is 13.9.